The van der Waals surface area contributed by atoms with Crippen LogP contribution in [0.3, 0.4) is 0 Å². The highest BCUT2D eigenvalue weighted by atomic mass is 32.2. The molecule has 31 heavy (non-hydrogen) atoms. The van der Waals surface area contributed by atoms with Crippen molar-refractivity contribution in [2.24, 2.45) is 0 Å². The summed E-state index contributed by atoms with van der Waals surface area (Å²) in [5.41, 5.74) is 1.63. The lowest BCUT2D eigenvalue weighted by molar-refractivity contribution is -0.137. The van der Waals surface area contributed by atoms with E-state index in [2.05, 4.69) is 5.32 Å². The number of aryl methyl sites for hydroxylation is 1. The van der Waals surface area contributed by atoms with Crippen LogP contribution in [-0.2, 0) is 24.2 Å². The van der Waals surface area contributed by atoms with E-state index in [0.29, 0.717) is 11.3 Å². The second-order valence-corrected chi connectivity index (χ2v) is 9.23. The molecule has 3 rings (SSSR count). The number of aliphatic hydroxyl groups excluding tert-OH is 1. The molecule has 0 aromatic heterocycles. The average Bonchev–Trinajstić information content (AvgIpc) is 3.04. The van der Waals surface area contributed by atoms with Gasteiger partial charge < -0.3 is 10.4 Å². The van der Waals surface area contributed by atoms with Crippen LogP contribution in [0.25, 0.3) is 0 Å². The Balaban J connectivity index is 1.61. The van der Waals surface area contributed by atoms with Crippen LogP contribution in [0.15, 0.2) is 65.6 Å². The number of hydrogen-bond donors (Lipinski definition) is 2. The van der Waals surface area contributed by atoms with Crippen LogP contribution in [-0.4, -0.2) is 48.4 Å². The van der Waals surface area contributed by atoms with Crippen LogP contribution in [0.4, 0.5) is 5.69 Å². The van der Waals surface area contributed by atoms with Gasteiger partial charge in [0, 0.05) is 30.8 Å². The second-order valence-electron chi connectivity index (χ2n) is 7.20. The Hall–Kier alpha value is -3.30. The number of nitrogens with one attached hydrogen (secondary N) is 1. The number of rotatable bonds is 8. The zero-order valence-corrected chi connectivity index (χ0v) is 17.6. The summed E-state index contributed by atoms with van der Waals surface area (Å²) in [6.07, 6.45) is 0.924. The number of aliphatic hydroxyl groups is 1. The summed E-state index contributed by atoms with van der Waals surface area (Å²) in [7, 11) is -3.70. The zero-order valence-electron chi connectivity index (χ0n) is 16.8. The van der Waals surface area contributed by atoms with Crippen molar-refractivity contribution < 1.29 is 27.9 Å². The van der Waals surface area contributed by atoms with E-state index in [0.717, 1.165) is 22.6 Å². The van der Waals surface area contributed by atoms with Crippen molar-refractivity contribution in [2.75, 3.05) is 17.6 Å². The number of sulfone groups is 1. The third-order valence-corrected chi connectivity index (χ3v) is 6.52. The number of nitrogens with zero attached hydrogens (tertiary/aromatic N) is 1. The van der Waals surface area contributed by atoms with Gasteiger partial charge in [-0.1, -0.05) is 29.8 Å². The number of hydrogen-bond acceptors (Lipinski definition) is 6. The highest BCUT2D eigenvalue weighted by molar-refractivity contribution is 7.91. The molecule has 1 aliphatic heterocycles. The van der Waals surface area contributed by atoms with E-state index in [1.54, 1.807) is 30.3 Å². The third-order valence-electron chi connectivity index (χ3n) is 4.78. The van der Waals surface area contributed by atoms with Gasteiger partial charge in [-0.2, -0.15) is 0 Å². The summed E-state index contributed by atoms with van der Waals surface area (Å²) in [6.45, 7) is 1.80. The monoisotopic (exact) mass is 442 g/mol. The van der Waals surface area contributed by atoms with Gasteiger partial charge in [0.25, 0.3) is 11.8 Å². The van der Waals surface area contributed by atoms with E-state index in [1.165, 1.54) is 18.2 Å². The molecule has 3 amide bonds. The van der Waals surface area contributed by atoms with Gasteiger partial charge in [0.05, 0.1) is 16.8 Å². The first-order valence-corrected chi connectivity index (χ1v) is 11.2. The molecule has 1 unspecified atom stereocenters. The summed E-state index contributed by atoms with van der Waals surface area (Å²) >= 11 is 0. The first-order valence-electron chi connectivity index (χ1n) is 9.56. The predicted octanol–water partition coefficient (Wildman–Crippen LogP) is 1.76. The van der Waals surface area contributed by atoms with Crippen molar-refractivity contribution in [3.05, 3.63) is 71.8 Å². The molecular formula is C22H22N2O6S. The molecule has 2 aromatic carbocycles. The fraction of sp³-hybridized carbons (Fsp3) is 0.227. The zero-order chi connectivity index (χ0) is 22.6. The molecule has 0 saturated carbocycles. The Bertz CT molecular complexity index is 1120. The van der Waals surface area contributed by atoms with Gasteiger partial charge in [0.1, 0.15) is 0 Å². The smallest absolute Gasteiger partial charge is 0.253 e. The minimum Gasteiger partial charge on any atom is -0.387 e. The SMILES string of the molecule is Cc1ccc(S(=O)(=O)CC(O)c2cccc(NC(=O)CCN3C(=O)C=CC3=O)c2)cc1. The highest BCUT2D eigenvalue weighted by Crippen LogP contribution is 2.23. The first-order chi connectivity index (χ1) is 14.7. The molecule has 0 spiro atoms. The van der Waals surface area contributed by atoms with Crippen molar-refractivity contribution >= 4 is 33.2 Å². The van der Waals surface area contributed by atoms with Gasteiger partial charge in [-0.25, -0.2) is 8.42 Å². The molecule has 0 fully saturated rings. The minimum atomic E-state index is -3.70. The Labute approximate surface area is 180 Å². The van der Waals surface area contributed by atoms with E-state index < -0.39 is 39.4 Å². The lowest BCUT2D eigenvalue weighted by Gasteiger charge is -2.15. The summed E-state index contributed by atoms with van der Waals surface area (Å²) in [5.74, 6) is -1.85. The van der Waals surface area contributed by atoms with E-state index in [4.69, 9.17) is 0 Å². The molecule has 0 bridgehead atoms. The number of imide groups is 1. The molecule has 162 valence electrons. The summed E-state index contributed by atoms with van der Waals surface area (Å²) in [6, 6.07) is 12.6. The van der Waals surface area contributed by atoms with Crippen LogP contribution in [0.2, 0.25) is 0 Å². The molecule has 8 nitrogen and oxygen atoms in total. The quantitative estimate of drug-likeness (QED) is 0.601. The van der Waals surface area contributed by atoms with Crippen molar-refractivity contribution in [2.45, 2.75) is 24.3 Å². The molecule has 1 atom stereocenters. The normalized spacial score (nSPS) is 14.7. The number of carbonyl (C=O) groups is 3. The maximum Gasteiger partial charge on any atom is 0.253 e. The summed E-state index contributed by atoms with van der Waals surface area (Å²) in [4.78, 5) is 36.3. The largest absolute Gasteiger partial charge is 0.387 e. The molecule has 0 saturated heterocycles. The fourth-order valence-corrected chi connectivity index (χ4v) is 4.41. The van der Waals surface area contributed by atoms with Gasteiger partial charge in [0.15, 0.2) is 9.84 Å². The van der Waals surface area contributed by atoms with Crippen molar-refractivity contribution in [3.63, 3.8) is 0 Å². The molecule has 2 N–H and O–H groups in total. The molecular weight excluding hydrogens is 420 g/mol. The maximum absolute atomic E-state index is 12.6. The molecule has 2 aromatic rings. The van der Waals surface area contributed by atoms with Gasteiger partial charge in [-0.05, 0) is 36.8 Å². The number of amides is 3. The van der Waals surface area contributed by atoms with Crippen LogP contribution in [0.5, 0.6) is 0 Å². The lowest BCUT2D eigenvalue weighted by Crippen LogP contribution is -2.33. The Morgan fingerprint density at radius 1 is 1.06 bits per heavy atom. The highest BCUT2D eigenvalue weighted by Gasteiger charge is 2.24. The Kier molecular flexibility index (Phi) is 6.67. The minimum absolute atomic E-state index is 0.0480. The molecule has 9 heteroatoms. The van der Waals surface area contributed by atoms with E-state index in [9.17, 15) is 27.9 Å². The number of carbonyl (C=O) groups excluding carboxylic acids is 3. The van der Waals surface area contributed by atoms with Gasteiger partial charge in [0.2, 0.25) is 5.91 Å². The first kappa shape index (κ1) is 22.4. The fourth-order valence-electron chi connectivity index (χ4n) is 3.06. The van der Waals surface area contributed by atoms with Gasteiger partial charge >= 0.3 is 0 Å². The topological polar surface area (TPSA) is 121 Å². The molecule has 1 aliphatic rings. The summed E-state index contributed by atoms with van der Waals surface area (Å²) < 4.78 is 25.1. The third kappa shape index (κ3) is 5.65. The van der Waals surface area contributed by atoms with E-state index in [-0.39, 0.29) is 17.9 Å². The number of benzene rings is 2. The standard InChI is InChI=1S/C22H22N2O6S/c1-15-5-7-18(8-6-15)31(29,30)14-19(25)16-3-2-4-17(13-16)23-20(26)11-12-24-21(27)9-10-22(24)28/h2-10,13,19,25H,11-12,14H2,1H3,(H,23,26). The molecule has 1 heterocycles. The molecule has 0 radical (unpaired) electrons. The summed E-state index contributed by atoms with van der Waals surface area (Å²) in [5, 5.41) is 13.1. The van der Waals surface area contributed by atoms with E-state index >= 15 is 0 Å². The lowest BCUT2D eigenvalue weighted by atomic mass is 10.1. The van der Waals surface area contributed by atoms with Crippen LogP contribution in [0, 0.1) is 6.92 Å². The van der Waals surface area contributed by atoms with Crippen LogP contribution >= 0.6 is 0 Å². The van der Waals surface area contributed by atoms with Crippen LogP contribution < -0.4 is 5.32 Å². The van der Waals surface area contributed by atoms with Gasteiger partial charge in [-0.15, -0.1) is 0 Å². The second kappa shape index (κ2) is 9.23. The average molecular weight is 442 g/mol. The van der Waals surface area contributed by atoms with Gasteiger partial charge in [-0.3, -0.25) is 19.3 Å². The van der Waals surface area contributed by atoms with Crippen molar-refractivity contribution in [3.8, 4) is 0 Å². The maximum atomic E-state index is 12.6. The van der Waals surface area contributed by atoms with E-state index in [1.807, 2.05) is 6.92 Å². The van der Waals surface area contributed by atoms with Crippen molar-refractivity contribution in [1.29, 1.82) is 0 Å². The van der Waals surface area contributed by atoms with Crippen LogP contribution in [0.1, 0.15) is 23.7 Å². The molecule has 0 aliphatic carbocycles. The number of anilines is 1. The predicted molar refractivity (Wildman–Crippen MR) is 114 cm³/mol. The van der Waals surface area contributed by atoms with Crippen molar-refractivity contribution in [1.82, 2.24) is 4.90 Å². The Morgan fingerprint density at radius 3 is 2.35 bits per heavy atom. The Morgan fingerprint density at radius 2 is 1.71 bits per heavy atom.